The summed E-state index contributed by atoms with van der Waals surface area (Å²) in [7, 11) is 0. The summed E-state index contributed by atoms with van der Waals surface area (Å²) in [6, 6.07) is 19.6. The first-order valence-corrected chi connectivity index (χ1v) is 9.73. The molecule has 1 N–H and O–H groups in total. The maximum atomic E-state index is 12.6. The molecule has 1 amide bonds. The van der Waals surface area contributed by atoms with Crippen LogP contribution in [0.5, 0.6) is 0 Å². The van der Waals surface area contributed by atoms with Gasteiger partial charge in [-0.1, -0.05) is 53.7 Å². The topological polar surface area (TPSA) is 72.7 Å². The predicted octanol–water partition coefficient (Wildman–Crippen LogP) is 3.94. The number of hydrogen-bond acceptors (Lipinski definition) is 5. The Morgan fingerprint density at radius 3 is 2.43 bits per heavy atom. The molecule has 0 atom stereocenters. The van der Waals surface area contributed by atoms with Crippen molar-refractivity contribution in [3.05, 3.63) is 82.5 Å². The first-order valence-electron chi connectivity index (χ1n) is 8.91. The number of aromatic nitrogens is 4. The second-order valence-electron chi connectivity index (χ2n) is 6.37. The number of nitrogens with zero attached hydrogens (tertiary/aromatic N) is 4. The average molecular weight is 389 g/mol. The molecule has 4 rings (SSSR count). The summed E-state index contributed by atoms with van der Waals surface area (Å²) in [6.45, 7) is 4.28. The molecule has 0 saturated heterocycles. The van der Waals surface area contributed by atoms with Gasteiger partial charge in [0.25, 0.3) is 5.91 Å². The Morgan fingerprint density at radius 1 is 1.04 bits per heavy atom. The molecule has 28 heavy (non-hydrogen) atoms. The zero-order valence-electron chi connectivity index (χ0n) is 15.6. The molecule has 0 saturated carbocycles. The number of carbonyl (C=O) groups is 1. The van der Waals surface area contributed by atoms with E-state index in [1.54, 1.807) is 4.68 Å². The van der Waals surface area contributed by atoms with Crippen LogP contribution in [-0.2, 0) is 6.54 Å². The zero-order valence-corrected chi connectivity index (χ0v) is 16.4. The van der Waals surface area contributed by atoms with E-state index < -0.39 is 0 Å². The van der Waals surface area contributed by atoms with Crippen LogP contribution in [-0.4, -0.2) is 25.9 Å². The molecule has 2 heterocycles. The highest BCUT2D eigenvalue weighted by atomic mass is 32.1. The molecule has 6 nitrogen and oxygen atoms in total. The van der Waals surface area contributed by atoms with Crippen molar-refractivity contribution in [1.29, 1.82) is 0 Å². The summed E-state index contributed by atoms with van der Waals surface area (Å²) in [6.07, 6.45) is 0. The van der Waals surface area contributed by atoms with Gasteiger partial charge >= 0.3 is 0 Å². The Balaban J connectivity index is 1.56. The van der Waals surface area contributed by atoms with Crippen LogP contribution >= 0.6 is 11.3 Å². The molecule has 2 aromatic carbocycles. The Kier molecular flexibility index (Phi) is 4.99. The van der Waals surface area contributed by atoms with Gasteiger partial charge in [0, 0.05) is 6.54 Å². The van der Waals surface area contributed by atoms with Gasteiger partial charge in [0.2, 0.25) is 0 Å². The number of carbonyl (C=O) groups excluding carboxylic acids is 1. The molecule has 2 aromatic heterocycles. The molecule has 0 aliphatic heterocycles. The molecule has 7 heteroatoms. The third-order valence-electron chi connectivity index (χ3n) is 4.40. The molecule has 4 aromatic rings. The lowest BCUT2D eigenvalue weighted by molar-refractivity contribution is 0.0954. The fourth-order valence-electron chi connectivity index (χ4n) is 2.91. The fraction of sp³-hybridized carbons (Fsp3) is 0.143. The van der Waals surface area contributed by atoms with E-state index >= 15 is 0 Å². The summed E-state index contributed by atoms with van der Waals surface area (Å²) in [5.74, 6) is -0.127. The summed E-state index contributed by atoms with van der Waals surface area (Å²) < 4.78 is 1.78. The Labute approximate surface area is 166 Å². The van der Waals surface area contributed by atoms with Gasteiger partial charge in [-0.3, -0.25) is 4.79 Å². The molecule has 0 aliphatic carbocycles. The van der Waals surface area contributed by atoms with Crippen LogP contribution < -0.4 is 5.32 Å². The number of rotatable bonds is 5. The fourth-order valence-corrected chi connectivity index (χ4v) is 3.93. The van der Waals surface area contributed by atoms with Crippen LogP contribution in [0.25, 0.3) is 16.4 Å². The van der Waals surface area contributed by atoms with Crippen molar-refractivity contribution in [2.45, 2.75) is 20.4 Å². The highest BCUT2D eigenvalue weighted by Crippen LogP contribution is 2.29. The van der Waals surface area contributed by atoms with Crippen molar-refractivity contribution in [2.75, 3.05) is 0 Å². The van der Waals surface area contributed by atoms with Crippen LogP contribution in [0, 0.1) is 13.8 Å². The van der Waals surface area contributed by atoms with Gasteiger partial charge in [-0.15, -0.1) is 16.4 Å². The minimum absolute atomic E-state index is 0.127. The number of nitrogens with one attached hydrogen (secondary N) is 1. The maximum Gasteiger partial charge on any atom is 0.263 e. The maximum absolute atomic E-state index is 12.6. The highest BCUT2D eigenvalue weighted by Gasteiger charge is 2.20. The first-order chi connectivity index (χ1) is 13.6. The Bertz CT molecular complexity index is 1100. The van der Waals surface area contributed by atoms with E-state index in [4.69, 9.17) is 0 Å². The average Bonchev–Trinajstić information content (AvgIpc) is 3.30. The molecule has 0 bridgehead atoms. The van der Waals surface area contributed by atoms with Crippen molar-refractivity contribution in [2.24, 2.45) is 0 Å². The quantitative estimate of drug-likeness (QED) is 0.561. The lowest BCUT2D eigenvalue weighted by Gasteiger charge is -2.03. The first kappa shape index (κ1) is 18.1. The van der Waals surface area contributed by atoms with Gasteiger partial charge in [0.15, 0.2) is 0 Å². The van der Waals surface area contributed by atoms with Gasteiger partial charge < -0.3 is 5.32 Å². The minimum atomic E-state index is -0.127. The van der Waals surface area contributed by atoms with Gasteiger partial charge in [0.1, 0.15) is 15.6 Å². The summed E-state index contributed by atoms with van der Waals surface area (Å²) >= 11 is 1.34. The molecule has 140 valence electrons. The van der Waals surface area contributed by atoms with Crippen LogP contribution in [0.1, 0.15) is 26.6 Å². The summed E-state index contributed by atoms with van der Waals surface area (Å²) in [5, 5.41) is 12.2. The number of thiazole rings is 1. The normalized spacial score (nSPS) is 10.8. The molecular weight excluding hydrogens is 370 g/mol. The third-order valence-corrected chi connectivity index (χ3v) is 5.56. The van der Waals surface area contributed by atoms with Crippen molar-refractivity contribution in [3.63, 3.8) is 0 Å². The molecule has 0 spiro atoms. The second-order valence-corrected chi connectivity index (χ2v) is 7.37. The number of hydrogen-bond donors (Lipinski definition) is 1. The van der Waals surface area contributed by atoms with E-state index in [-0.39, 0.29) is 5.91 Å². The van der Waals surface area contributed by atoms with E-state index in [1.807, 2.05) is 74.5 Å². The highest BCUT2D eigenvalue weighted by molar-refractivity contribution is 7.17. The lowest BCUT2D eigenvalue weighted by atomic mass is 10.2. The molecule has 0 unspecified atom stereocenters. The van der Waals surface area contributed by atoms with Crippen LogP contribution in [0.4, 0.5) is 0 Å². The Morgan fingerprint density at radius 2 is 1.71 bits per heavy atom. The van der Waals surface area contributed by atoms with Crippen LogP contribution in [0.3, 0.4) is 0 Å². The third kappa shape index (κ3) is 3.57. The molecule has 0 fully saturated rings. The van der Waals surface area contributed by atoms with E-state index in [2.05, 4.69) is 20.6 Å². The smallest absolute Gasteiger partial charge is 0.263 e. The lowest BCUT2D eigenvalue weighted by Crippen LogP contribution is -2.22. The predicted molar refractivity (Wildman–Crippen MR) is 110 cm³/mol. The van der Waals surface area contributed by atoms with Crippen LogP contribution in [0.2, 0.25) is 0 Å². The summed E-state index contributed by atoms with van der Waals surface area (Å²) in [4.78, 5) is 17.8. The van der Waals surface area contributed by atoms with Crippen molar-refractivity contribution in [3.8, 4) is 16.4 Å². The van der Waals surface area contributed by atoms with Gasteiger partial charge in [0.05, 0.1) is 17.1 Å². The Hall–Kier alpha value is -3.32. The second kappa shape index (κ2) is 7.74. The number of para-hydroxylation sites is 1. The summed E-state index contributed by atoms with van der Waals surface area (Å²) in [5.41, 5.74) is 4.27. The number of amides is 1. The van der Waals surface area contributed by atoms with Gasteiger partial charge in [-0.05, 0) is 31.5 Å². The van der Waals surface area contributed by atoms with E-state index in [0.717, 1.165) is 16.9 Å². The molecule has 0 radical (unpaired) electrons. The van der Waals surface area contributed by atoms with E-state index in [0.29, 0.717) is 27.8 Å². The van der Waals surface area contributed by atoms with E-state index in [1.165, 1.54) is 11.3 Å². The van der Waals surface area contributed by atoms with Crippen molar-refractivity contribution < 1.29 is 4.79 Å². The largest absolute Gasteiger partial charge is 0.347 e. The number of benzene rings is 2. The van der Waals surface area contributed by atoms with Gasteiger partial charge in [-0.25, -0.2) is 9.67 Å². The minimum Gasteiger partial charge on any atom is -0.347 e. The monoisotopic (exact) mass is 389 g/mol. The van der Waals surface area contributed by atoms with E-state index in [9.17, 15) is 4.79 Å². The molecular formula is C21H19N5OS. The zero-order chi connectivity index (χ0) is 19.5. The van der Waals surface area contributed by atoms with Gasteiger partial charge in [-0.2, -0.15) is 0 Å². The van der Waals surface area contributed by atoms with Crippen molar-refractivity contribution >= 4 is 17.2 Å². The SMILES string of the molecule is Cc1nc(-c2nnn(-c3ccccc3)c2C)sc1C(=O)NCc1ccccc1. The molecule has 0 aliphatic rings. The van der Waals surface area contributed by atoms with Crippen molar-refractivity contribution in [1.82, 2.24) is 25.3 Å². The number of aryl methyl sites for hydroxylation is 1. The van der Waals surface area contributed by atoms with Crippen LogP contribution in [0.15, 0.2) is 60.7 Å². The standard InChI is InChI=1S/C21H19N5OS/c1-14-19(20(27)22-13-16-9-5-3-6-10-16)28-21(23-14)18-15(2)26(25-24-18)17-11-7-4-8-12-17/h3-12H,13H2,1-2H3,(H,22,27).